The van der Waals surface area contributed by atoms with Crippen LogP contribution in [-0.4, -0.2) is 34.3 Å². The highest BCUT2D eigenvalue weighted by atomic mass is 32.2. The molecule has 0 aromatic carbocycles. The normalized spacial score (nSPS) is 13.0. The van der Waals surface area contributed by atoms with Crippen molar-refractivity contribution in [2.24, 2.45) is 0 Å². The van der Waals surface area contributed by atoms with E-state index < -0.39 is 11.2 Å². The van der Waals surface area contributed by atoms with Gasteiger partial charge in [0.2, 0.25) is 0 Å². The molecule has 4 nitrogen and oxygen atoms in total. The summed E-state index contributed by atoms with van der Waals surface area (Å²) in [5.41, 5.74) is 1.91. The number of carbonyl (C=O) groups is 1. The summed E-state index contributed by atoms with van der Waals surface area (Å²) in [6.07, 6.45) is 2.17. The average molecular weight is 165 g/mol. The predicted octanol–water partition coefficient (Wildman–Crippen LogP) is 0.172. The first-order valence-electron chi connectivity index (χ1n) is 2.85. The van der Waals surface area contributed by atoms with Crippen molar-refractivity contribution in [2.45, 2.75) is 11.7 Å². The summed E-state index contributed by atoms with van der Waals surface area (Å²) >= 11 is 1.27. The van der Waals surface area contributed by atoms with Crippen molar-refractivity contribution in [1.82, 2.24) is 5.48 Å². The number of hydrogen-bond acceptors (Lipinski definition) is 4. The van der Waals surface area contributed by atoms with Gasteiger partial charge in [0.1, 0.15) is 5.25 Å². The van der Waals surface area contributed by atoms with Crippen molar-refractivity contribution in [3.8, 4) is 0 Å². The summed E-state index contributed by atoms with van der Waals surface area (Å²) < 4.78 is 0. The highest BCUT2D eigenvalue weighted by Gasteiger charge is 2.14. The van der Waals surface area contributed by atoms with Crippen LogP contribution in [0.1, 0.15) is 6.42 Å². The number of carboxylic acids is 1. The van der Waals surface area contributed by atoms with E-state index in [1.54, 1.807) is 6.26 Å². The summed E-state index contributed by atoms with van der Waals surface area (Å²) in [6, 6.07) is 0. The molecule has 0 radical (unpaired) electrons. The number of nitrogens with one attached hydrogen (secondary N) is 1. The first-order chi connectivity index (χ1) is 4.72. The SMILES string of the molecule is CSC(CCNO)C(=O)O. The maximum Gasteiger partial charge on any atom is 0.316 e. The minimum atomic E-state index is -0.831. The van der Waals surface area contributed by atoms with Crippen LogP contribution in [0.3, 0.4) is 0 Å². The fraction of sp³-hybridized carbons (Fsp3) is 0.800. The lowest BCUT2D eigenvalue weighted by molar-refractivity contribution is -0.136. The van der Waals surface area contributed by atoms with Gasteiger partial charge in [-0.2, -0.15) is 11.8 Å². The van der Waals surface area contributed by atoms with Crippen LogP contribution in [0.5, 0.6) is 0 Å². The van der Waals surface area contributed by atoms with E-state index in [2.05, 4.69) is 0 Å². The molecule has 0 rings (SSSR count). The van der Waals surface area contributed by atoms with E-state index in [1.165, 1.54) is 11.8 Å². The fourth-order valence-electron chi connectivity index (χ4n) is 0.538. The van der Waals surface area contributed by atoms with Crippen molar-refractivity contribution in [2.75, 3.05) is 12.8 Å². The van der Waals surface area contributed by atoms with Crippen LogP contribution in [0.4, 0.5) is 0 Å². The van der Waals surface area contributed by atoms with Gasteiger partial charge in [-0.15, -0.1) is 0 Å². The van der Waals surface area contributed by atoms with E-state index in [1.807, 2.05) is 5.48 Å². The van der Waals surface area contributed by atoms with Crippen molar-refractivity contribution < 1.29 is 15.1 Å². The Morgan fingerprint density at radius 2 is 2.40 bits per heavy atom. The van der Waals surface area contributed by atoms with Gasteiger partial charge >= 0.3 is 5.97 Å². The Kier molecular flexibility index (Phi) is 5.38. The number of hydrogen-bond donors (Lipinski definition) is 3. The molecule has 0 saturated carbocycles. The highest BCUT2D eigenvalue weighted by Crippen LogP contribution is 2.09. The van der Waals surface area contributed by atoms with E-state index in [-0.39, 0.29) is 0 Å². The van der Waals surface area contributed by atoms with Crippen molar-refractivity contribution >= 4 is 17.7 Å². The molecule has 0 bridgehead atoms. The Bertz CT molecular complexity index is 109. The van der Waals surface area contributed by atoms with Gasteiger partial charge in [0.25, 0.3) is 0 Å². The Morgan fingerprint density at radius 1 is 1.80 bits per heavy atom. The third-order valence-electron chi connectivity index (χ3n) is 1.08. The summed E-state index contributed by atoms with van der Waals surface area (Å²) in [4.78, 5) is 10.3. The van der Waals surface area contributed by atoms with Gasteiger partial charge in [-0.3, -0.25) is 4.79 Å². The van der Waals surface area contributed by atoms with Crippen LogP contribution >= 0.6 is 11.8 Å². The van der Waals surface area contributed by atoms with E-state index in [0.29, 0.717) is 13.0 Å². The average Bonchev–Trinajstić information content (AvgIpc) is 1.89. The number of rotatable bonds is 5. The molecule has 0 amide bonds. The molecule has 0 spiro atoms. The Morgan fingerprint density at radius 3 is 2.70 bits per heavy atom. The summed E-state index contributed by atoms with van der Waals surface area (Å²) in [6.45, 7) is 0.317. The van der Waals surface area contributed by atoms with Gasteiger partial charge in [0.15, 0.2) is 0 Å². The first kappa shape index (κ1) is 9.74. The Hall–Kier alpha value is -0.260. The fourth-order valence-corrected chi connectivity index (χ4v) is 1.09. The molecule has 0 saturated heterocycles. The smallest absolute Gasteiger partial charge is 0.316 e. The Balaban J connectivity index is 3.50. The van der Waals surface area contributed by atoms with Crippen LogP contribution in [0.15, 0.2) is 0 Å². The third-order valence-corrected chi connectivity index (χ3v) is 2.08. The minimum Gasteiger partial charge on any atom is -0.480 e. The second-order valence-electron chi connectivity index (χ2n) is 1.76. The summed E-state index contributed by atoms with van der Waals surface area (Å²) in [5.74, 6) is -0.831. The molecule has 0 aromatic rings. The second-order valence-corrected chi connectivity index (χ2v) is 2.80. The standard InChI is InChI=1S/C5H11NO3S/c1-10-4(5(7)8)2-3-6-9/h4,6,9H,2-3H2,1H3,(H,7,8). The molecule has 1 unspecified atom stereocenters. The molecule has 0 fully saturated rings. The van der Waals surface area contributed by atoms with Gasteiger partial charge < -0.3 is 10.3 Å². The lowest BCUT2D eigenvalue weighted by Gasteiger charge is -2.06. The van der Waals surface area contributed by atoms with E-state index in [4.69, 9.17) is 10.3 Å². The number of hydroxylamine groups is 1. The molecule has 0 aliphatic heterocycles. The van der Waals surface area contributed by atoms with Crippen molar-refractivity contribution in [1.29, 1.82) is 0 Å². The van der Waals surface area contributed by atoms with Gasteiger partial charge in [0, 0.05) is 6.54 Å². The monoisotopic (exact) mass is 165 g/mol. The molecule has 10 heavy (non-hydrogen) atoms. The van der Waals surface area contributed by atoms with Crippen LogP contribution < -0.4 is 5.48 Å². The zero-order valence-corrected chi connectivity index (χ0v) is 6.52. The van der Waals surface area contributed by atoms with Crippen LogP contribution in [0, 0.1) is 0 Å². The number of carboxylic acid groups (broad SMARTS) is 1. The zero-order chi connectivity index (χ0) is 7.98. The third kappa shape index (κ3) is 3.71. The highest BCUT2D eigenvalue weighted by molar-refractivity contribution is 7.99. The van der Waals surface area contributed by atoms with Crippen LogP contribution in [0.25, 0.3) is 0 Å². The summed E-state index contributed by atoms with van der Waals surface area (Å²) in [5, 5.41) is 16.2. The molecule has 0 aliphatic rings. The first-order valence-corrected chi connectivity index (χ1v) is 4.13. The van der Waals surface area contributed by atoms with Crippen molar-refractivity contribution in [3.63, 3.8) is 0 Å². The molecular weight excluding hydrogens is 154 g/mol. The molecule has 0 aliphatic carbocycles. The quantitative estimate of drug-likeness (QED) is 0.507. The molecular formula is C5H11NO3S. The van der Waals surface area contributed by atoms with Crippen molar-refractivity contribution in [3.05, 3.63) is 0 Å². The van der Waals surface area contributed by atoms with Gasteiger partial charge in [-0.25, -0.2) is 5.48 Å². The molecule has 1 atom stereocenters. The lowest BCUT2D eigenvalue weighted by atomic mass is 10.3. The van der Waals surface area contributed by atoms with E-state index in [9.17, 15) is 4.79 Å². The lowest BCUT2D eigenvalue weighted by Crippen LogP contribution is -2.21. The molecule has 60 valence electrons. The van der Waals surface area contributed by atoms with E-state index >= 15 is 0 Å². The molecule has 0 aromatic heterocycles. The Labute approximate surface area is 63.6 Å². The largest absolute Gasteiger partial charge is 0.480 e. The second kappa shape index (κ2) is 5.52. The molecule has 3 N–H and O–H groups in total. The zero-order valence-electron chi connectivity index (χ0n) is 5.70. The maximum atomic E-state index is 10.3. The molecule has 0 heterocycles. The van der Waals surface area contributed by atoms with Gasteiger partial charge in [-0.1, -0.05) is 0 Å². The minimum absolute atomic E-state index is 0.317. The van der Waals surface area contributed by atoms with Crippen LogP contribution in [-0.2, 0) is 4.79 Å². The topological polar surface area (TPSA) is 69.6 Å². The van der Waals surface area contributed by atoms with Crippen LogP contribution in [0.2, 0.25) is 0 Å². The predicted molar refractivity (Wildman–Crippen MR) is 39.3 cm³/mol. The number of thioether (sulfide) groups is 1. The van der Waals surface area contributed by atoms with Gasteiger partial charge in [-0.05, 0) is 12.7 Å². The molecule has 5 heteroatoms. The summed E-state index contributed by atoms with van der Waals surface area (Å²) in [7, 11) is 0. The van der Waals surface area contributed by atoms with Gasteiger partial charge in [0.05, 0.1) is 0 Å². The van der Waals surface area contributed by atoms with E-state index in [0.717, 1.165) is 0 Å². The maximum absolute atomic E-state index is 10.3. The number of aliphatic carboxylic acids is 1.